The van der Waals surface area contributed by atoms with Gasteiger partial charge in [0.25, 0.3) is 0 Å². The molecule has 0 bridgehead atoms. The minimum Gasteiger partial charge on any atom is -0.282 e. The Bertz CT molecular complexity index is 300. The number of amides is 1. The number of aromatic nitrogens is 1. The molecule has 0 aliphatic rings. The molecule has 0 aliphatic heterocycles. The average Bonchev–Trinajstić information content (AvgIpc) is 2.15. The Morgan fingerprint density at radius 3 is 2.92 bits per heavy atom. The van der Waals surface area contributed by atoms with Crippen LogP contribution in [0.25, 0.3) is 0 Å². The van der Waals surface area contributed by atoms with Gasteiger partial charge in [-0.05, 0) is 12.1 Å². The topological polar surface area (TPSA) is 77.8 Å². The Morgan fingerprint density at radius 1 is 1.58 bits per heavy atom. The highest BCUT2D eigenvalue weighted by Crippen LogP contribution is 2.01. The normalized spacial score (nSPS) is 8.25. The zero-order valence-electron chi connectivity index (χ0n) is 6.11. The van der Waals surface area contributed by atoms with Crippen LogP contribution in [0.2, 0.25) is 0 Å². The number of carbonyl (C=O) groups is 1. The van der Waals surface area contributed by atoms with Crippen LogP contribution >= 0.6 is 0 Å². The largest absolute Gasteiger partial charge is 0.282 e. The highest BCUT2D eigenvalue weighted by atomic mass is 16.1. The third kappa shape index (κ3) is 1.95. The van der Waals surface area contributed by atoms with Crippen molar-refractivity contribution in [2.75, 3.05) is 5.43 Å². The van der Waals surface area contributed by atoms with Gasteiger partial charge in [0.2, 0.25) is 6.41 Å². The summed E-state index contributed by atoms with van der Waals surface area (Å²) in [6, 6.07) is 5.12. The SMILES string of the molecule is N#Cc1ccc(NNC=O)nc1. The van der Waals surface area contributed by atoms with E-state index in [1.165, 1.54) is 6.20 Å². The summed E-state index contributed by atoms with van der Waals surface area (Å²) in [5, 5.41) is 8.42. The molecule has 1 heterocycles. The van der Waals surface area contributed by atoms with E-state index in [1.807, 2.05) is 6.07 Å². The molecule has 0 fully saturated rings. The number of nitrogens with zero attached hydrogens (tertiary/aromatic N) is 2. The van der Waals surface area contributed by atoms with Crippen molar-refractivity contribution < 1.29 is 4.79 Å². The zero-order valence-corrected chi connectivity index (χ0v) is 6.11. The molecule has 0 radical (unpaired) electrons. The van der Waals surface area contributed by atoms with E-state index in [2.05, 4.69) is 15.8 Å². The van der Waals surface area contributed by atoms with E-state index in [9.17, 15) is 4.79 Å². The van der Waals surface area contributed by atoms with Crippen LogP contribution < -0.4 is 10.9 Å². The Balaban J connectivity index is 2.66. The summed E-state index contributed by atoms with van der Waals surface area (Å²) >= 11 is 0. The molecule has 12 heavy (non-hydrogen) atoms. The second kappa shape index (κ2) is 3.93. The van der Waals surface area contributed by atoms with Crippen molar-refractivity contribution in [2.45, 2.75) is 0 Å². The van der Waals surface area contributed by atoms with E-state index in [-0.39, 0.29) is 0 Å². The fraction of sp³-hybridized carbons (Fsp3) is 0. The minimum absolute atomic E-state index is 0.478. The molecular formula is C7H6N4O. The van der Waals surface area contributed by atoms with E-state index in [4.69, 9.17) is 5.26 Å². The number of rotatable bonds is 3. The first-order valence-electron chi connectivity index (χ1n) is 3.18. The van der Waals surface area contributed by atoms with Gasteiger partial charge in [0.15, 0.2) is 0 Å². The molecular weight excluding hydrogens is 156 g/mol. The summed E-state index contributed by atoms with van der Waals surface area (Å²) < 4.78 is 0. The molecule has 1 rings (SSSR count). The van der Waals surface area contributed by atoms with Crippen molar-refractivity contribution in [1.82, 2.24) is 10.4 Å². The van der Waals surface area contributed by atoms with E-state index < -0.39 is 0 Å². The monoisotopic (exact) mass is 162 g/mol. The third-order valence-corrected chi connectivity index (χ3v) is 1.15. The van der Waals surface area contributed by atoms with Crippen molar-refractivity contribution in [3.63, 3.8) is 0 Å². The molecule has 60 valence electrons. The first-order chi connectivity index (χ1) is 5.86. The maximum Gasteiger partial charge on any atom is 0.225 e. The first kappa shape index (κ1) is 8.01. The fourth-order valence-corrected chi connectivity index (χ4v) is 0.637. The van der Waals surface area contributed by atoms with E-state index in [0.29, 0.717) is 17.8 Å². The van der Waals surface area contributed by atoms with E-state index >= 15 is 0 Å². The highest BCUT2D eigenvalue weighted by Gasteiger charge is 1.91. The minimum atomic E-state index is 0.478. The van der Waals surface area contributed by atoms with Crippen LogP contribution in [0, 0.1) is 11.3 Å². The third-order valence-electron chi connectivity index (χ3n) is 1.15. The van der Waals surface area contributed by atoms with Gasteiger partial charge in [-0.2, -0.15) is 5.26 Å². The predicted octanol–water partition coefficient (Wildman–Crippen LogP) is 0.0262. The van der Waals surface area contributed by atoms with Crippen molar-refractivity contribution in [3.05, 3.63) is 23.9 Å². The van der Waals surface area contributed by atoms with Crippen molar-refractivity contribution >= 4 is 12.2 Å². The Morgan fingerprint density at radius 2 is 2.42 bits per heavy atom. The van der Waals surface area contributed by atoms with E-state index in [0.717, 1.165) is 0 Å². The van der Waals surface area contributed by atoms with Crippen LogP contribution in [0.3, 0.4) is 0 Å². The second-order valence-corrected chi connectivity index (χ2v) is 1.93. The number of nitriles is 1. The van der Waals surface area contributed by atoms with Gasteiger partial charge in [-0.25, -0.2) is 4.98 Å². The summed E-state index contributed by atoms with van der Waals surface area (Å²) in [5.74, 6) is 0.487. The zero-order chi connectivity index (χ0) is 8.81. The van der Waals surface area contributed by atoms with Gasteiger partial charge in [0.05, 0.1) is 5.56 Å². The molecule has 2 N–H and O–H groups in total. The molecule has 0 aliphatic carbocycles. The molecule has 0 aromatic carbocycles. The summed E-state index contributed by atoms with van der Waals surface area (Å²) in [7, 11) is 0. The van der Waals surface area contributed by atoms with Crippen LogP contribution in [0.1, 0.15) is 5.56 Å². The van der Waals surface area contributed by atoms with Gasteiger partial charge in [-0.15, -0.1) is 0 Å². The average molecular weight is 162 g/mol. The van der Waals surface area contributed by atoms with Gasteiger partial charge in [-0.3, -0.25) is 15.6 Å². The summed E-state index contributed by atoms with van der Waals surface area (Å²) in [6.45, 7) is 0. The maximum atomic E-state index is 9.85. The molecule has 5 nitrogen and oxygen atoms in total. The molecule has 1 aromatic heterocycles. The standard InChI is InChI=1S/C7H6N4O/c8-3-6-1-2-7(9-4-6)11-10-5-12/h1-2,4-5H,(H,9,11)(H,10,12). The lowest BCUT2D eigenvalue weighted by atomic mass is 10.3. The van der Waals surface area contributed by atoms with Gasteiger partial charge in [0, 0.05) is 6.20 Å². The number of hydrogen-bond acceptors (Lipinski definition) is 4. The number of nitrogens with one attached hydrogen (secondary N) is 2. The lowest BCUT2D eigenvalue weighted by Crippen LogP contribution is -2.19. The summed E-state index contributed by atoms with van der Waals surface area (Å²) in [4.78, 5) is 13.7. The van der Waals surface area contributed by atoms with Crippen molar-refractivity contribution in [2.24, 2.45) is 0 Å². The lowest BCUT2D eigenvalue weighted by Gasteiger charge is -2.00. The lowest BCUT2D eigenvalue weighted by molar-refractivity contribution is -0.109. The van der Waals surface area contributed by atoms with Crippen LogP contribution in [0.4, 0.5) is 5.82 Å². The van der Waals surface area contributed by atoms with Crippen molar-refractivity contribution in [3.8, 4) is 6.07 Å². The van der Waals surface area contributed by atoms with Crippen molar-refractivity contribution in [1.29, 1.82) is 5.26 Å². The maximum absolute atomic E-state index is 9.85. The molecule has 0 unspecified atom stereocenters. The van der Waals surface area contributed by atoms with Gasteiger partial charge in [-0.1, -0.05) is 0 Å². The number of pyridine rings is 1. The smallest absolute Gasteiger partial charge is 0.225 e. The molecule has 1 amide bonds. The van der Waals surface area contributed by atoms with Gasteiger partial charge >= 0.3 is 0 Å². The molecule has 0 atom stereocenters. The first-order valence-corrected chi connectivity index (χ1v) is 3.18. The molecule has 5 heteroatoms. The number of hydrogen-bond donors (Lipinski definition) is 2. The Hall–Kier alpha value is -2.09. The fourth-order valence-electron chi connectivity index (χ4n) is 0.637. The second-order valence-electron chi connectivity index (χ2n) is 1.93. The van der Waals surface area contributed by atoms with Crippen LogP contribution in [0.15, 0.2) is 18.3 Å². The molecule has 0 spiro atoms. The number of hydrazine groups is 1. The predicted molar refractivity (Wildman–Crippen MR) is 41.8 cm³/mol. The van der Waals surface area contributed by atoms with E-state index in [1.54, 1.807) is 12.1 Å². The van der Waals surface area contributed by atoms with Crippen LogP contribution in [0.5, 0.6) is 0 Å². The van der Waals surface area contributed by atoms with Gasteiger partial charge < -0.3 is 0 Å². The molecule has 1 aromatic rings. The van der Waals surface area contributed by atoms with Crippen LogP contribution in [-0.2, 0) is 4.79 Å². The quantitative estimate of drug-likeness (QED) is 0.485. The number of anilines is 1. The summed E-state index contributed by atoms with van der Waals surface area (Å²) in [5.41, 5.74) is 5.21. The van der Waals surface area contributed by atoms with Crippen LogP contribution in [-0.4, -0.2) is 11.4 Å². The summed E-state index contributed by atoms with van der Waals surface area (Å²) in [6.07, 6.45) is 1.91. The van der Waals surface area contributed by atoms with Gasteiger partial charge in [0.1, 0.15) is 11.9 Å². The highest BCUT2D eigenvalue weighted by molar-refractivity contribution is 5.50. The molecule has 0 saturated heterocycles. The Kier molecular flexibility index (Phi) is 2.62. The Labute approximate surface area is 69.0 Å². The number of carbonyl (C=O) groups excluding carboxylic acids is 1. The molecule has 0 saturated carbocycles.